The molecule has 2 aromatic heterocycles. The molecule has 0 bridgehead atoms. The molecule has 3 heterocycles. The summed E-state index contributed by atoms with van der Waals surface area (Å²) in [5.74, 6) is 2.51. The Morgan fingerprint density at radius 2 is 2.07 bits per heavy atom. The van der Waals surface area contributed by atoms with Crippen LogP contribution in [0.4, 0.5) is 0 Å². The van der Waals surface area contributed by atoms with Gasteiger partial charge in [-0.3, -0.25) is 4.98 Å². The van der Waals surface area contributed by atoms with E-state index >= 15 is 0 Å². The van der Waals surface area contributed by atoms with Crippen LogP contribution in [0.1, 0.15) is 37.1 Å². The molecule has 6 nitrogen and oxygen atoms in total. The van der Waals surface area contributed by atoms with Gasteiger partial charge in [0.1, 0.15) is 12.4 Å². The Morgan fingerprint density at radius 3 is 2.81 bits per heavy atom. The van der Waals surface area contributed by atoms with Crippen LogP contribution < -0.4 is 10.1 Å². The molecule has 7 heteroatoms. The summed E-state index contributed by atoms with van der Waals surface area (Å²) in [6.07, 6.45) is 5.62. The number of hydrogen-bond acceptors (Lipinski definition) is 6. The number of pyridine rings is 1. The highest BCUT2D eigenvalue weighted by atomic mass is 35.5. The predicted octanol–water partition coefficient (Wildman–Crippen LogP) is 3.99. The standard InChI is InChI=1S/C20H22N4O2.ClH/c1-14-11-17(8-10-22-14)20-23-19(24-26-20)16-4-6-18(7-5-16)25-13-15-3-2-9-21-12-15;/h2-7,9,12,14,17,22H,8,10-11,13H2,1H3;1H/t14-,17-;/m0./s1. The zero-order valence-electron chi connectivity index (χ0n) is 15.2. The average Bonchev–Trinajstić information content (AvgIpc) is 3.18. The Bertz CT molecular complexity index is 839. The minimum absolute atomic E-state index is 0. The van der Waals surface area contributed by atoms with Gasteiger partial charge in [-0.25, -0.2) is 0 Å². The molecule has 0 saturated carbocycles. The number of ether oxygens (including phenoxy) is 1. The Hall–Kier alpha value is -2.44. The fourth-order valence-electron chi connectivity index (χ4n) is 3.22. The van der Waals surface area contributed by atoms with Crippen LogP contribution in [0.15, 0.2) is 53.3 Å². The van der Waals surface area contributed by atoms with Crippen LogP contribution in [0.2, 0.25) is 0 Å². The third kappa shape index (κ3) is 4.84. The van der Waals surface area contributed by atoms with E-state index in [0.717, 1.165) is 42.2 Å². The third-order valence-corrected chi connectivity index (χ3v) is 4.66. The van der Waals surface area contributed by atoms with Gasteiger partial charge in [-0.2, -0.15) is 4.98 Å². The molecule has 1 N–H and O–H groups in total. The lowest BCUT2D eigenvalue weighted by atomic mass is 9.93. The number of nitrogens with one attached hydrogen (secondary N) is 1. The summed E-state index contributed by atoms with van der Waals surface area (Å²) in [5, 5.41) is 7.60. The van der Waals surface area contributed by atoms with Crippen LogP contribution >= 0.6 is 12.4 Å². The van der Waals surface area contributed by atoms with Crippen molar-refractivity contribution in [2.45, 2.75) is 38.3 Å². The average molecular weight is 387 g/mol. The first-order valence-corrected chi connectivity index (χ1v) is 8.97. The van der Waals surface area contributed by atoms with Gasteiger partial charge in [0, 0.05) is 35.5 Å². The molecule has 1 saturated heterocycles. The van der Waals surface area contributed by atoms with E-state index < -0.39 is 0 Å². The highest BCUT2D eigenvalue weighted by Gasteiger charge is 2.25. The number of rotatable bonds is 5. The maximum absolute atomic E-state index is 5.78. The zero-order valence-corrected chi connectivity index (χ0v) is 16.0. The number of hydrogen-bond donors (Lipinski definition) is 1. The van der Waals surface area contributed by atoms with Gasteiger partial charge in [0.15, 0.2) is 0 Å². The summed E-state index contributed by atoms with van der Waals surface area (Å²) in [6.45, 7) is 3.67. The van der Waals surface area contributed by atoms with Crippen molar-refractivity contribution in [2.75, 3.05) is 6.54 Å². The summed E-state index contributed by atoms with van der Waals surface area (Å²) in [4.78, 5) is 8.69. The normalized spacial score (nSPS) is 19.3. The molecule has 2 atom stereocenters. The minimum Gasteiger partial charge on any atom is -0.489 e. The molecule has 0 unspecified atom stereocenters. The van der Waals surface area contributed by atoms with Gasteiger partial charge in [-0.1, -0.05) is 11.2 Å². The van der Waals surface area contributed by atoms with Crippen molar-refractivity contribution in [1.29, 1.82) is 0 Å². The molecule has 4 rings (SSSR count). The Kier molecular flexibility index (Phi) is 6.42. The van der Waals surface area contributed by atoms with Crippen LogP contribution in [0.5, 0.6) is 5.75 Å². The maximum Gasteiger partial charge on any atom is 0.230 e. The Morgan fingerprint density at radius 1 is 1.22 bits per heavy atom. The molecule has 0 aliphatic carbocycles. The van der Waals surface area contributed by atoms with Gasteiger partial charge in [0.05, 0.1) is 0 Å². The number of halogens is 1. The Labute approximate surface area is 164 Å². The van der Waals surface area contributed by atoms with E-state index in [0.29, 0.717) is 24.4 Å². The molecule has 1 aliphatic heterocycles. The van der Waals surface area contributed by atoms with E-state index in [1.54, 1.807) is 12.4 Å². The molecule has 1 aromatic carbocycles. The van der Waals surface area contributed by atoms with E-state index in [4.69, 9.17) is 9.26 Å². The fraction of sp³-hybridized carbons (Fsp3) is 0.350. The van der Waals surface area contributed by atoms with Gasteiger partial charge in [-0.05, 0) is 56.6 Å². The van der Waals surface area contributed by atoms with Gasteiger partial charge < -0.3 is 14.6 Å². The first-order valence-electron chi connectivity index (χ1n) is 8.97. The topological polar surface area (TPSA) is 73.1 Å². The zero-order chi connectivity index (χ0) is 17.8. The molecule has 142 valence electrons. The quantitative estimate of drug-likeness (QED) is 0.714. The summed E-state index contributed by atoms with van der Waals surface area (Å²) in [5.41, 5.74) is 1.96. The molecular formula is C20H23ClN4O2. The van der Waals surface area contributed by atoms with E-state index in [-0.39, 0.29) is 12.4 Å². The van der Waals surface area contributed by atoms with Gasteiger partial charge >= 0.3 is 0 Å². The number of aromatic nitrogens is 3. The summed E-state index contributed by atoms with van der Waals surface area (Å²) in [7, 11) is 0. The van der Waals surface area contributed by atoms with Crippen LogP contribution in [0.3, 0.4) is 0 Å². The molecule has 0 amide bonds. The smallest absolute Gasteiger partial charge is 0.230 e. The van der Waals surface area contributed by atoms with E-state index in [1.807, 2.05) is 36.4 Å². The van der Waals surface area contributed by atoms with Crippen molar-refractivity contribution in [3.8, 4) is 17.1 Å². The maximum atomic E-state index is 5.78. The van der Waals surface area contributed by atoms with E-state index in [9.17, 15) is 0 Å². The Balaban J connectivity index is 0.00000210. The van der Waals surface area contributed by atoms with Crippen molar-refractivity contribution >= 4 is 12.4 Å². The second-order valence-corrected chi connectivity index (χ2v) is 6.71. The van der Waals surface area contributed by atoms with Gasteiger partial charge in [0.2, 0.25) is 11.7 Å². The lowest BCUT2D eigenvalue weighted by Crippen LogP contribution is -2.34. The molecule has 27 heavy (non-hydrogen) atoms. The number of nitrogens with zero attached hydrogens (tertiary/aromatic N) is 3. The third-order valence-electron chi connectivity index (χ3n) is 4.66. The summed E-state index contributed by atoms with van der Waals surface area (Å²) in [6, 6.07) is 12.1. The highest BCUT2D eigenvalue weighted by Crippen LogP contribution is 2.28. The number of piperidine rings is 1. The molecule has 1 aliphatic rings. The summed E-state index contributed by atoms with van der Waals surface area (Å²) >= 11 is 0. The van der Waals surface area contributed by atoms with E-state index in [2.05, 4.69) is 27.4 Å². The summed E-state index contributed by atoms with van der Waals surface area (Å²) < 4.78 is 11.3. The first kappa shape index (κ1) is 19.3. The molecule has 0 radical (unpaired) electrons. The molecule has 1 fully saturated rings. The van der Waals surface area contributed by atoms with Crippen LogP contribution in [0.25, 0.3) is 11.4 Å². The van der Waals surface area contributed by atoms with Crippen LogP contribution in [-0.2, 0) is 6.61 Å². The van der Waals surface area contributed by atoms with Gasteiger partial charge in [0.25, 0.3) is 0 Å². The van der Waals surface area contributed by atoms with Crippen molar-refractivity contribution in [1.82, 2.24) is 20.4 Å². The lowest BCUT2D eigenvalue weighted by Gasteiger charge is -2.25. The largest absolute Gasteiger partial charge is 0.489 e. The predicted molar refractivity (Wildman–Crippen MR) is 105 cm³/mol. The van der Waals surface area contributed by atoms with Crippen molar-refractivity contribution < 1.29 is 9.26 Å². The van der Waals surface area contributed by atoms with Crippen LogP contribution in [-0.4, -0.2) is 27.7 Å². The van der Waals surface area contributed by atoms with Crippen molar-refractivity contribution in [2.24, 2.45) is 0 Å². The second-order valence-electron chi connectivity index (χ2n) is 6.71. The first-order chi connectivity index (χ1) is 12.8. The second kappa shape index (κ2) is 8.97. The molecular weight excluding hydrogens is 364 g/mol. The van der Waals surface area contributed by atoms with Gasteiger partial charge in [-0.15, -0.1) is 12.4 Å². The highest BCUT2D eigenvalue weighted by molar-refractivity contribution is 5.85. The minimum atomic E-state index is 0. The lowest BCUT2D eigenvalue weighted by molar-refractivity contribution is 0.295. The van der Waals surface area contributed by atoms with Crippen LogP contribution in [0, 0.1) is 0 Å². The monoisotopic (exact) mass is 386 g/mol. The van der Waals surface area contributed by atoms with E-state index in [1.165, 1.54) is 0 Å². The fourth-order valence-corrected chi connectivity index (χ4v) is 3.22. The molecule has 3 aromatic rings. The van der Waals surface area contributed by atoms with Crippen molar-refractivity contribution in [3.05, 3.63) is 60.2 Å². The SMILES string of the molecule is C[C@H]1C[C@@H](c2nc(-c3ccc(OCc4cccnc4)cc3)no2)CCN1.Cl. The van der Waals surface area contributed by atoms with Crippen molar-refractivity contribution in [3.63, 3.8) is 0 Å². The number of benzene rings is 1. The molecule has 0 spiro atoms.